The topological polar surface area (TPSA) is 66.4 Å². The van der Waals surface area contributed by atoms with Crippen LogP contribution in [0, 0.1) is 11.8 Å². The van der Waals surface area contributed by atoms with Gasteiger partial charge in [0.15, 0.2) is 0 Å². The first-order valence-electron chi connectivity index (χ1n) is 7.29. The van der Waals surface area contributed by atoms with Gasteiger partial charge in [0, 0.05) is 18.4 Å². The maximum Gasteiger partial charge on any atom is 0.391 e. The molecule has 1 atom stereocenters. The molecule has 0 spiro atoms. The number of hydrogen-bond acceptors (Lipinski definition) is 2. The highest BCUT2D eigenvalue weighted by atomic mass is 19.4. The third kappa shape index (κ3) is 6.35. The Bertz CT molecular complexity index is 363. The fourth-order valence-electron chi connectivity index (χ4n) is 2.68. The summed E-state index contributed by atoms with van der Waals surface area (Å²) in [6.07, 6.45) is -2.55. The molecule has 0 aromatic carbocycles. The Morgan fingerprint density at radius 2 is 1.81 bits per heavy atom. The minimum atomic E-state index is -4.16. The van der Waals surface area contributed by atoms with Crippen LogP contribution in [0.15, 0.2) is 0 Å². The Morgan fingerprint density at radius 1 is 1.24 bits per heavy atom. The van der Waals surface area contributed by atoms with Gasteiger partial charge in [-0.2, -0.15) is 13.2 Å². The maximum atomic E-state index is 12.5. The summed E-state index contributed by atoms with van der Waals surface area (Å²) in [7, 11) is 0. The van der Waals surface area contributed by atoms with Crippen molar-refractivity contribution in [1.82, 2.24) is 5.32 Å². The monoisotopic (exact) mass is 309 g/mol. The average molecular weight is 309 g/mol. The first-order chi connectivity index (χ1) is 9.70. The van der Waals surface area contributed by atoms with Crippen LogP contribution in [-0.2, 0) is 9.59 Å². The second kappa shape index (κ2) is 7.66. The number of amides is 1. The zero-order valence-electron chi connectivity index (χ0n) is 12.1. The van der Waals surface area contributed by atoms with E-state index in [4.69, 9.17) is 5.11 Å². The van der Waals surface area contributed by atoms with Crippen LogP contribution in [0.2, 0.25) is 0 Å². The first kappa shape index (κ1) is 17.8. The van der Waals surface area contributed by atoms with Gasteiger partial charge in [-0.3, -0.25) is 9.59 Å². The molecule has 2 N–H and O–H groups in total. The van der Waals surface area contributed by atoms with Crippen LogP contribution in [0.5, 0.6) is 0 Å². The highest BCUT2D eigenvalue weighted by Crippen LogP contribution is 2.39. The second-order valence-electron chi connectivity index (χ2n) is 5.79. The number of halogens is 3. The van der Waals surface area contributed by atoms with E-state index in [1.165, 1.54) is 0 Å². The molecule has 0 radical (unpaired) electrons. The Labute approximate surface area is 122 Å². The number of alkyl halides is 3. The summed E-state index contributed by atoms with van der Waals surface area (Å²) in [6.45, 7) is 1.78. The lowest BCUT2D eigenvalue weighted by atomic mass is 9.81. The van der Waals surface area contributed by atoms with Gasteiger partial charge in [-0.25, -0.2) is 0 Å². The van der Waals surface area contributed by atoms with Gasteiger partial charge in [-0.15, -0.1) is 0 Å². The smallest absolute Gasteiger partial charge is 0.391 e. The fourth-order valence-corrected chi connectivity index (χ4v) is 2.68. The van der Waals surface area contributed by atoms with Gasteiger partial charge < -0.3 is 10.4 Å². The Morgan fingerprint density at radius 3 is 2.29 bits per heavy atom. The molecule has 21 heavy (non-hydrogen) atoms. The summed E-state index contributed by atoms with van der Waals surface area (Å²) < 4.78 is 37.6. The Kier molecular flexibility index (Phi) is 6.48. The van der Waals surface area contributed by atoms with Crippen LogP contribution < -0.4 is 5.32 Å². The van der Waals surface area contributed by atoms with Crippen molar-refractivity contribution in [2.24, 2.45) is 11.8 Å². The summed E-state index contributed by atoms with van der Waals surface area (Å²) >= 11 is 0. The highest BCUT2D eigenvalue weighted by molar-refractivity contribution is 5.79. The van der Waals surface area contributed by atoms with Gasteiger partial charge in [0.2, 0.25) is 5.91 Å². The SMILES string of the molecule is CC(CCCC(=O)O)NC(=O)C1CCC(C(F)(F)F)CC1. The van der Waals surface area contributed by atoms with Gasteiger partial charge in [0.1, 0.15) is 0 Å². The van der Waals surface area contributed by atoms with E-state index in [1.807, 2.05) is 0 Å². The zero-order valence-corrected chi connectivity index (χ0v) is 12.1. The molecular weight excluding hydrogens is 287 g/mol. The molecule has 0 heterocycles. The van der Waals surface area contributed by atoms with Gasteiger partial charge in [-0.05, 0) is 45.4 Å². The third-order valence-corrected chi connectivity index (χ3v) is 3.98. The standard InChI is InChI=1S/C14H22F3NO3/c1-9(3-2-4-12(19)20)18-13(21)10-5-7-11(8-6-10)14(15,16)17/h9-11H,2-8H2,1H3,(H,18,21)(H,19,20). The van der Waals surface area contributed by atoms with E-state index in [2.05, 4.69) is 5.32 Å². The lowest BCUT2D eigenvalue weighted by Crippen LogP contribution is -2.40. The summed E-state index contributed by atoms with van der Waals surface area (Å²) in [5.74, 6) is -2.72. The van der Waals surface area contributed by atoms with E-state index in [0.717, 1.165) is 0 Å². The van der Waals surface area contributed by atoms with E-state index in [9.17, 15) is 22.8 Å². The Balaban J connectivity index is 2.29. The van der Waals surface area contributed by atoms with E-state index in [1.54, 1.807) is 6.92 Å². The first-order valence-corrected chi connectivity index (χ1v) is 7.29. The average Bonchev–Trinajstić information content (AvgIpc) is 2.37. The normalized spacial score (nSPS) is 24.4. The fraction of sp³-hybridized carbons (Fsp3) is 0.857. The largest absolute Gasteiger partial charge is 0.481 e. The number of carboxylic acid groups (broad SMARTS) is 1. The molecule has 1 fully saturated rings. The van der Waals surface area contributed by atoms with Gasteiger partial charge >= 0.3 is 12.1 Å². The number of carboxylic acids is 1. The molecule has 0 aromatic heterocycles. The van der Waals surface area contributed by atoms with Crippen molar-refractivity contribution < 1.29 is 27.9 Å². The Hall–Kier alpha value is -1.27. The summed E-state index contributed by atoms with van der Waals surface area (Å²) in [5.41, 5.74) is 0. The molecule has 1 saturated carbocycles. The van der Waals surface area contributed by atoms with Crippen molar-refractivity contribution >= 4 is 11.9 Å². The summed E-state index contributed by atoms with van der Waals surface area (Å²) in [6, 6.07) is -0.155. The molecule has 0 aliphatic heterocycles. The van der Waals surface area contributed by atoms with Crippen LogP contribution in [-0.4, -0.2) is 29.2 Å². The second-order valence-corrected chi connectivity index (χ2v) is 5.79. The number of nitrogens with one attached hydrogen (secondary N) is 1. The molecule has 1 aliphatic rings. The molecule has 1 unspecified atom stereocenters. The van der Waals surface area contributed by atoms with Gasteiger partial charge in [0.05, 0.1) is 5.92 Å². The number of carbonyl (C=O) groups is 2. The summed E-state index contributed by atoms with van der Waals surface area (Å²) in [4.78, 5) is 22.3. The molecule has 1 rings (SSSR count). The molecule has 0 bridgehead atoms. The van der Waals surface area contributed by atoms with Crippen molar-refractivity contribution in [3.63, 3.8) is 0 Å². The van der Waals surface area contributed by atoms with Crippen molar-refractivity contribution in [1.29, 1.82) is 0 Å². The summed E-state index contributed by atoms with van der Waals surface area (Å²) in [5, 5.41) is 11.3. The molecular formula is C14H22F3NO3. The van der Waals surface area contributed by atoms with E-state index < -0.39 is 18.1 Å². The number of aliphatic carboxylic acids is 1. The van der Waals surface area contributed by atoms with Crippen molar-refractivity contribution in [2.45, 2.75) is 64.1 Å². The molecule has 7 heteroatoms. The van der Waals surface area contributed by atoms with Crippen LogP contribution in [0.1, 0.15) is 51.9 Å². The lowest BCUT2D eigenvalue weighted by molar-refractivity contribution is -0.184. The van der Waals surface area contributed by atoms with Crippen LogP contribution in [0.25, 0.3) is 0 Å². The lowest BCUT2D eigenvalue weighted by Gasteiger charge is -2.29. The number of rotatable bonds is 6. The quantitative estimate of drug-likeness (QED) is 0.792. The number of hydrogen-bond donors (Lipinski definition) is 2. The van der Waals surface area contributed by atoms with Crippen LogP contribution in [0.3, 0.4) is 0 Å². The molecule has 1 aliphatic carbocycles. The van der Waals surface area contributed by atoms with Gasteiger partial charge in [0.25, 0.3) is 0 Å². The number of carbonyl (C=O) groups excluding carboxylic acids is 1. The van der Waals surface area contributed by atoms with Crippen molar-refractivity contribution in [3.05, 3.63) is 0 Å². The van der Waals surface area contributed by atoms with Crippen molar-refractivity contribution in [3.8, 4) is 0 Å². The molecule has 4 nitrogen and oxygen atoms in total. The van der Waals surface area contributed by atoms with Gasteiger partial charge in [-0.1, -0.05) is 0 Å². The van der Waals surface area contributed by atoms with E-state index in [-0.39, 0.29) is 50.0 Å². The minimum Gasteiger partial charge on any atom is -0.481 e. The molecule has 122 valence electrons. The molecule has 0 aromatic rings. The predicted molar refractivity (Wildman–Crippen MR) is 70.6 cm³/mol. The predicted octanol–water partition coefficient (Wildman–Crippen LogP) is 3.11. The van der Waals surface area contributed by atoms with E-state index in [0.29, 0.717) is 12.8 Å². The van der Waals surface area contributed by atoms with Crippen LogP contribution >= 0.6 is 0 Å². The van der Waals surface area contributed by atoms with E-state index >= 15 is 0 Å². The van der Waals surface area contributed by atoms with Crippen LogP contribution in [0.4, 0.5) is 13.2 Å². The zero-order chi connectivity index (χ0) is 16.0. The molecule has 1 amide bonds. The minimum absolute atomic E-state index is 0.00891. The van der Waals surface area contributed by atoms with Crippen molar-refractivity contribution in [2.75, 3.05) is 0 Å². The maximum absolute atomic E-state index is 12.5. The third-order valence-electron chi connectivity index (χ3n) is 3.98. The molecule has 0 saturated heterocycles. The highest BCUT2D eigenvalue weighted by Gasteiger charge is 2.42.